The van der Waals surface area contributed by atoms with Crippen LogP contribution in [-0.4, -0.2) is 22.9 Å². The third-order valence-electron chi connectivity index (χ3n) is 4.23. The molecule has 2 amide bonds. The van der Waals surface area contributed by atoms with Crippen LogP contribution in [0.2, 0.25) is 0 Å². The van der Waals surface area contributed by atoms with Gasteiger partial charge in [-0.1, -0.05) is 60.7 Å². The van der Waals surface area contributed by atoms with E-state index in [0.29, 0.717) is 5.69 Å². The van der Waals surface area contributed by atoms with Crippen LogP contribution in [0.5, 0.6) is 0 Å². The van der Waals surface area contributed by atoms with Crippen molar-refractivity contribution < 1.29 is 19.5 Å². The molecule has 3 aromatic carbocycles. The summed E-state index contributed by atoms with van der Waals surface area (Å²) in [6.07, 6.45) is 4.57. The fourth-order valence-corrected chi connectivity index (χ4v) is 2.68. The summed E-state index contributed by atoms with van der Waals surface area (Å²) in [5.74, 6) is -2.05. The molecule has 0 saturated carbocycles. The van der Waals surface area contributed by atoms with E-state index < -0.39 is 17.8 Å². The normalized spacial score (nSPS) is 11.2. The maximum atomic E-state index is 12.8. The Bertz CT molecular complexity index is 1120. The fourth-order valence-electron chi connectivity index (χ4n) is 2.68. The molecule has 0 aromatic heterocycles. The minimum Gasteiger partial charge on any atom is -0.478 e. The number of benzene rings is 3. The first kappa shape index (κ1) is 21.3. The Kier molecular flexibility index (Phi) is 7.11. The monoisotopic (exact) mass is 412 g/mol. The predicted octanol–water partition coefficient (Wildman–Crippen LogP) is 4.19. The highest BCUT2D eigenvalue weighted by molar-refractivity contribution is 6.10. The van der Waals surface area contributed by atoms with Gasteiger partial charge < -0.3 is 15.7 Å². The van der Waals surface area contributed by atoms with Crippen LogP contribution in [0.15, 0.2) is 96.7 Å². The summed E-state index contributed by atoms with van der Waals surface area (Å²) >= 11 is 0. The molecule has 0 unspecified atom stereocenters. The van der Waals surface area contributed by atoms with Crippen molar-refractivity contribution in [3.8, 4) is 0 Å². The van der Waals surface area contributed by atoms with Crippen LogP contribution >= 0.6 is 0 Å². The van der Waals surface area contributed by atoms with Crippen molar-refractivity contribution in [3.63, 3.8) is 0 Å². The molecule has 0 bridgehead atoms. The Morgan fingerprint density at radius 1 is 0.742 bits per heavy atom. The van der Waals surface area contributed by atoms with Crippen molar-refractivity contribution >= 4 is 35.6 Å². The summed E-state index contributed by atoms with van der Waals surface area (Å²) in [7, 11) is 0. The van der Waals surface area contributed by atoms with Gasteiger partial charge in [0.15, 0.2) is 0 Å². The number of amides is 2. The summed E-state index contributed by atoms with van der Waals surface area (Å²) in [4.78, 5) is 36.2. The van der Waals surface area contributed by atoms with Crippen molar-refractivity contribution in [1.82, 2.24) is 5.32 Å². The van der Waals surface area contributed by atoms with Crippen molar-refractivity contribution in [2.24, 2.45) is 0 Å². The Hall–Kier alpha value is -4.45. The summed E-state index contributed by atoms with van der Waals surface area (Å²) in [5.41, 5.74) is 2.16. The Morgan fingerprint density at radius 2 is 1.32 bits per heavy atom. The maximum absolute atomic E-state index is 12.8. The van der Waals surface area contributed by atoms with Gasteiger partial charge in [0.2, 0.25) is 5.91 Å². The largest absolute Gasteiger partial charge is 0.478 e. The second kappa shape index (κ2) is 10.4. The van der Waals surface area contributed by atoms with E-state index in [1.54, 1.807) is 24.3 Å². The van der Waals surface area contributed by atoms with E-state index in [1.165, 1.54) is 30.3 Å². The van der Waals surface area contributed by atoms with E-state index in [9.17, 15) is 14.4 Å². The molecule has 0 heterocycles. The fraction of sp³-hybridized carbons (Fsp3) is 0. The summed E-state index contributed by atoms with van der Waals surface area (Å²) < 4.78 is 0. The van der Waals surface area contributed by atoms with Crippen LogP contribution in [-0.2, 0) is 9.59 Å². The molecule has 6 nitrogen and oxygen atoms in total. The third kappa shape index (κ3) is 6.54. The average Bonchev–Trinajstić information content (AvgIpc) is 2.79. The lowest BCUT2D eigenvalue weighted by atomic mass is 10.1. The minimum atomic E-state index is -1.06. The van der Waals surface area contributed by atoms with Crippen LogP contribution in [0.3, 0.4) is 0 Å². The van der Waals surface area contributed by atoms with Crippen LogP contribution in [0.4, 0.5) is 5.69 Å². The molecule has 0 aliphatic carbocycles. The number of carboxylic acid groups (broad SMARTS) is 1. The Morgan fingerprint density at radius 3 is 1.90 bits per heavy atom. The smallest absolute Gasteiger partial charge is 0.335 e. The number of carbonyl (C=O) groups is 3. The van der Waals surface area contributed by atoms with Crippen LogP contribution in [0.1, 0.15) is 21.5 Å². The van der Waals surface area contributed by atoms with E-state index in [1.807, 2.05) is 48.5 Å². The highest BCUT2D eigenvalue weighted by Gasteiger charge is 2.13. The molecular weight excluding hydrogens is 392 g/mol. The van der Waals surface area contributed by atoms with Crippen molar-refractivity contribution in [1.29, 1.82) is 0 Å². The third-order valence-corrected chi connectivity index (χ3v) is 4.23. The van der Waals surface area contributed by atoms with Crippen molar-refractivity contribution in [2.45, 2.75) is 0 Å². The van der Waals surface area contributed by atoms with E-state index in [4.69, 9.17) is 5.11 Å². The lowest BCUT2D eigenvalue weighted by molar-refractivity contribution is -0.118. The summed E-state index contributed by atoms with van der Waals surface area (Å²) in [6.45, 7) is 0. The standard InChI is InChI=1S/C25H20N2O4/c28-23(16-11-18-7-3-1-4-8-18)27-22(17-19-9-5-2-6-10-19)24(29)26-21-14-12-20(13-15-21)25(30)31/h1-17H,(H,26,29)(H,27,28)(H,30,31)/b16-11+,22-17+. The van der Waals surface area contributed by atoms with Gasteiger partial charge in [-0.3, -0.25) is 9.59 Å². The number of aromatic carboxylic acids is 1. The number of carbonyl (C=O) groups excluding carboxylic acids is 2. The predicted molar refractivity (Wildman–Crippen MR) is 120 cm³/mol. The van der Waals surface area contributed by atoms with Crippen LogP contribution in [0, 0.1) is 0 Å². The van der Waals surface area contributed by atoms with Crippen molar-refractivity contribution in [3.05, 3.63) is 113 Å². The average molecular weight is 412 g/mol. The zero-order chi connectivity index (χ0) is 22.1. The molecule has 3 aromatic rings. The first-order valence-corrected chi connectivity index (χ1v) is 9.47. The number of hydrogen-bond acceptors (Lipinski definition) is 3. The molecule has 0 aliphatic rings. The molecule has 0 radical (unpaired) electrons. The van der Waals surface area contributed by atoms with Crippen LogP contribution in [0.25, 0.3) is 12.2 Å². The van der Waals surface area contributed by atoms with Gasteiger partial charge in [-0.2, -0.15) is 0 Å². The zero-order valence-electron chi connectivity index (χ0n) is 16.5. The zero-order valence-corrected chi connectivity index (χ0v) is 16.5. The Labute approximate surface area is 179 Å². The van der Waals surface area contributed by atoms with Gasteiger partial charge in [-0.15, -0.1) is 0 Å². The number of rotatable bonds is 7. The second-order valence-corrected chi connectivity index (χ2v) is 6.54. The molecule has 0 saturated heterocycles. The van der Waals surface area contributed by atoms with Gasteiger partial charge in [0, 0.05) is 11.8 Å². The lowest BCUT2D eigenvalue weighted by Gasteiger charge is -2.10. The van der Waals surface area contributed by atoms with E-state index >= 15 is 0 Å². The molecule has 154 valence electrons. The van der Waals surface area contributed by atoms with Gasteiger partial charge in [-0.05, 0) is 47.5 Å². The first-order chi connectivity index (χ1) is 15.0. The lowest BCUT2D eigenvalue weighted by Crippen LogP contribution is -2.29. The van der Waals surface area contributed by atoms with Gasteiger partial charge in [0.1, 0.15) is 5.70 Å². The van der Waals surface area contributed by atoms with Gasteiger partial charge in [-0.25, -0.2) is 4.79 Å². The molecule has 0 atom stereocenters. The molecule has 31 heavy (non-hydrogen) atoms. The number of nitrogens with one attached hydrogen (secondary N) is 2. The second-order valence-electron chi connectivity index (χ2n) is 6.54. The molecule has 0 fully saturated rings. The molecule has 0 aliphatic heterocycles. The molecule has 3 N–H and O–H groups in total. The first-order valence-electron chi connectivity index (χ1n) is 9.47. The molecular formula is C25H20N2O4. The number of carboxylic acids is 1. The maximum Gasteiger partial charge on any atom is 0.335 e. The highest BCUT2D eigenvalue weighted by atomic mass is 16.4. The molecule has 0 spiro atoms. The van der Waals surface area contributed by atoms with Gasteiger partial charge >= 0.3 is 5.97 Å². The number of anilines is 1. The summed E-state index contributed by atoms with van der Waals surface area (Å²) in [5, 5.41) is 14.3. The number of hydrogen-bond donors (Lipinski definition) is 3. The highest BCUT2D eigenvalue weighted by Crippen LogP contribution is 2.12. The molecule has 6 heteroatoms. The summed E-state index contributed by atoms with van der Waals surface area (Å²) in [6, 6.07) is 24.2. The molecule has 3 rings (SSSR count). The van der Waals surface area contributed by atoms with Crippen molar-refractivity contribution in [2.75, 3.05) is 5.32 Å². The van der Waals surface area contributed by atoms with E-state index in [-0.39, 0.29) is 11.3 Å². The van der Waals surface area contributed by atoms with E-state index in [2.05, 4.69) is 10.6 Å². The quantitative estimate of drug-likeness (QED) is 0.507. The SMILES string of the molecule is O=C(/C=C/c1ccccc1)N/C(=C/c1ccccc1)C(=O)Nc1ccc(C(=O)O)cc1. The van der Waals surface area contributed by atoms with Gasteiger partial charge in [0.25, 0.3) is 5.91 Å². The topological polar surface area (TPSA) is 95.5 Å². The van der Waals surface area contributed by atoms with Gasteiger partial charge in [0.05, 0.1) is 5.56 Å². The van der Waals surface area contributed by atoms with Crippen LogP contribution < -0.4 is 10.6 Å². The Balaban J connectivity index is 1.78. The van der Waals surface area contributed by atoms with E-state index in [0.717, 1.165) is 11.1 Å². The minimum absolute atomic E-state index is 0.0521.